The van der Waals surface area contributed by atoms with Crippen molar-refractivity contribution >= 4 is 17.5 Å². The van der Waals surface area contributed by atoms with Crippen LogP contribution in [0.3, 0.4) is 0 Å². The summed E-state index contributed by atoms with van der Waals surface area (Å²) < 4.78 is 5.41. The van der Waals surface area contributed by atoms with Gasteiger partial charge in [0.15, 0.2) is 0 Å². The van der Waals surface area contributed by atoms with Gasteiger partial charge in [-0.15, -0.1) is 0 Å². The van der Waals surface area contributed by atoms with Crippen molar-refractivity contribution in [2.45, 2.75) is 26.8 Å². The quantitative estimate of drug-likeness (QED) is 0.899. The van der Waals surface area contributed by atoms with Gasteiger partial charge in [-0.3, -0.25) is 9.59 Å². The first-order valence-corrected chi connectivity index (χ1v) is 6.67. The highest BCUT2D eigenvalue weighted by molar-refractivity contribution is 6.02. The van der Waals surface area contributed by atoms with Crippen LogP contribution in [0.2, 0.25) is 0 Å². The van der Waals surface area contributed by atoms with E-state index < -0.39 is 0 Å². The van der Waals surface area contributed by atoms with Crippen LogP contribution in [0.15, 0.2) is 22.6 Å². The van der Waals surface area contributed by atoms with Crippen molar-refractivity contribution < 1.29 is 14.0 Å². The molecule has 0 atom stereocenters. The van der Waals surface area contributed by atoms with Crippen LogP contribution in [-0.2, 0) is 17.8 Å². The molecule has 0 bridgehead atoms. The average molecular weight is 285 g/mol. The Kier molecular flexibility index (Phi) is 3.21. The van der Waals surface area contributed by atoms with E-state index in [1.54, 1.807) is 18.2 Å². The van der Waals surface area contributed by atoms with Crippen LogP contribution < -0.4 is 10.6 Å². The molecule has 1 aromatic carbocycles. The Bertz CT molecular complexity index is 714. The summed E-state index contributed by atoms with van der Waals surface area (Å²) in [6.07, 6.45) is 0.367. The summed E-state index contributed by atoms with van der Waals surface area (Å²) >= 11 is 0. The summed E-state index contributed by atoms with van der Waals surface area (Å²) in [6.45, 7) is 3.92. The molecule has 2 N–H and O–H groups in total. The number of oxazole rings is 1. The Hall–Kier alpha value is -2.63. The van der Waals surface area contributed by atoms with Gasteiger partial charge in [0.2, 0.25) is 11.8 Å². The normalized spacial score (nSPS) is 13.0. The molecule has 2 amide bonds. The predicted octanol–water partition coefficient (Wildman–Crippen LogP) is 1.72. The second-order valence-corrected chi connectivity index (χ2v) is 5.03. The van der Waals surface area contributed by atoms with E-state index in [4.69, 9.17) is 4.42 Å². The first-order valence-electron chi connectivity index (χ1n) is 6.67. The fraction of sp³-hybridized carbons (Fsp3) is 0.267. The van der Waals surface area contributed by atoms with Gasteiger partial charge in [-0.25, -0.2) is 4.98 Å². The number of carbonyl (C=O) groups excluding carboxylic acids is 2. The highest BCUT2D eigenvalue weighted by Crippen LogP contribution is 2.24. The zero-order chi connectivity index (χ0) is 15.0. The van der Waals surface area contributed by atoms with Crippen molar-refractivity contribution in [1.29, 1.82) is 0 Å². The van der Waals surface area contributed by atoms with Gasteiger partial charge in [0.1, 0.15) is 5.76 Å². The van der Waals surface area contributed by atoms with E-state index in [2.05, 4.69) is 15.6 Å². The molecule has 1 aliphatic heterocycles. The maximum Gasteiger partial charge on any atom is 0.251 e. The van der Waals surface area contributed by atoms with E-state index in [0.717, 1.165) is 17.0 Å². The van der Waals surface area contributed by atoms with Gasteiger partial charge in [-0.1, -0.05) is 6.07 Å². The largest absolute Gasteiger partial charge is 0.444 e. The van der Waals surface area contributed by atoms with Crippen LogP contribution >= 0.6 is 0 Å². The van der Waals surface area contributed by atoms with Gasteiger partial charge in [-0.2, -0.15) is 0 Å². The highest BCUT2D eigenvalue weighted by Gasteiger charge is 2.19. The number of hydrogen-bond acceptors (Lipinski definition) is 4. The van der Waals surface area contributed by atoms with E-state index in [-0.39, 0.29) is 18.4 Å². The second-order valence-electron chi connectivity index (χ2n) is 5.03. The molecular formula is C15H15N3O3. The number of rotatable bonds is 3. The number of hydrogen-bond donors (Lipinski definition) is 2. The molecule has 0 aliphatic carbocycles. The number of fused-ring (bicyclic) bond motifs is 1. The summed E-state index contributed by atoms with van der Waals surface area (Å²) in [4.78, 5) is 27.6. The third-order valence-electron chi connectivity index (χ3n) is 3.47. The van der Waals surface area contributed by atoms with E-state index in [0.29, 0.717) is 23.6 Å². The summed E-state index contributed by atoms with van der Waals surface area (Å²) in [5.74, 6) is 0.952. The molecule has 1 aliphatic rings. The number of benzene rings is 1. The molecule has 0 radical (unpaired) electrons. The van der Waals surface area contributed by atoms with Crippen LogP contribution in [0.1, 0.15) is 33.3 Å². The van der Waals surface area contributed by atoms with Crippen molar-refractivity contribution in [2.75, 3.05) is 5.32 Å². The minimum absolute atomic E-state index is 0.0479. The van der Waals surface area contributed by atoms with Crippen LogP contribution in [-0.4, -0.2) is 16.8 Å². The van der Waals surface area contributed by atoms with Crippen LogP contribution in [0.25, 0.3) is 0 Å². The topological polar surface area (TPSA) is 84.2 Å². The zero-order valence-corrected chi connectivity index (χ0v) is 11.8. The first kappa shape index (κ1) is 13.4. The lowest BCUT2D eigenvalue weighted by Crippen LogP contribution is -2.23. The minimum atomic E-state index is -0.229. The number of nitrogens with zero attached hydrogens (tertiary/aromatic N) is 1. The fourth-order valence-electron chi connectivity index (χ4n) is 2.23. The molecule has 2 heterocycles. The third kappa shape index (κ3) is 2.65. The van der Waals surface area contributed by atoms with E-state index in [1.807, 2.05) is 13.8 Å². The number of amides is 2. The Morgan fingerprint density at radius 1 is 1.43 bits per heavy atom. The monoisotopic (exact) mass is 285 g/mol. The third-order valence-corrected chi connectivity index (χ3v) is 3.47. The number of aryl methyl sites for hydroxylation is 2. The van der Waals surface area contributed by atoms with Gasteiger partial charge >= 0.3 is 0 Å². The summed E-state index contributed by atoms with van der Waals surface area (Å²) in [6, 6.07) is 5.18. The Morgan fingerprint density at radius 2 is 2.24 bits per heavy atom. The van der Waals surface area contributed by atoms with Crippen molar-refractivity contribution in [3.63, 3.8) is 0 Å². The van der Waals surface area contributed by atoms with Gasteiger partial charge in [-0.05, 0) is 31.5 Å². The molecule has 0 saturated heterocycles. The molecule has 3 rings (SSSR count). The highest BCUT2D eigenvalue weighted by atomic mass is 16.4. The Labute approximate surface area is 121 Å². The first-order chi connectivity index (χ1) is 10.0. The summed E-state index contributed by atoms with van der Waals surface area (Å²) in [5.41, 5.74) is 2.93. The lowest BCUT2D eigenvalue weighted by Gasteiger charge is -2.05. The van der Waals surface area contributed by atoms with Crippen LogP contribution in [0.4, 0.5) is 5.69 Å². The Morgan fingerprint density at radius 3 is 2.95 bits per heavy atom. The van der Waals surface area contributed by atoms with Crippen molar-refractivity contribution in [3.8, 4) is 0 Å². The van der Waals surface area contributed by atoms with Gasteiger partial charge < -0.3 is 15.1 Å². The van der Waals surface area contributed by atoms with Crippen molar-refractivity contribution in [3.05, 3.63) is 46.7 Å². The Balaban J connectivity index is 1.68. The molecule has 21 heavy (non-hydrogen) atoms. The maximum absolute atomic E-state index is 12.1. The van der Waals surface area contributed by atoms with Crippen molar-refractivity contribution in [2.24, 2.45) is 0 Å². The average Bonchev–Trinajstić information content (AvgIpc) is 2.97. The maximum atomic E-state index is 12.1. The predicted molar refractivity (Wildman–Crippen MR) is 75.9 cm³/mol. The van der Waals surface area contributed by atoms with E-state index in [1.165, 1.54) is 0 Å². The molecular weight excluding hydrogens is 270 g/mol. The standard InChI is InChI=1S/C15H15N3O3/c1-8-9(2)21-14(17-8)7-16-15(20)11-4-3-10-6-13(19)18-12(10)5-11/h3-5H,6-7H2,1-2H3,(H,16,20)(H,18,19). The van der Waals surface area contributed by atoms with E-state index in [9.17, 15) is 9.59 Å². The molecule has 6 nitrogen and oxygen atoms in total. The number of anilines is 1. The summed E-state index contributed by atoms with van der Waals surface area (Å²) in [7, 11) is 0. The molecule has 0 fully saturated rings. The van der Waals surface area contributed by atoms with Crippen LogP contribution in [0.5, 0.6) is 0 Å². The SMILES string of the molecule is Cc1nc(CNC(=O)c2ccc3c(c2)NC(=O)C3)oc1C. The molecule has 0 spiro atoms. The zero-order valence-electron chi connectivity index (χ0n) is 11.8. The van der Waals surface area contributed by atoms with Gasteiger partial charge in [0, 0.05) is 11.3 Å². The fourth-order valence-corrected chi connectivity index (χ4v) is 2.23. The lowest BCUT2D eigenvalue weighted by molar-refractivity contribution is -0.115. The minimum Gasteiger partial charge on any atom is -0.444 e. The number of nitrogens with one attached hydrogen (secondary N) is 2. The van der Waals surface area contributed by atoms with Gasteiger partial charge in [0.05, 0.1) is 18.7 Å². The number of carbonyl (C=O) groups is 2. The molecule has 2 aromatic rings. The number of aromatic nitrogens is 1. The van der Waals surface area contributed by atoms with Crippen molar-refractivity contribution in [1.82, 2.24) is 10.3 Å². The smallest absolute Gasteiger partial charge is 0.251 e. The molecule has 0 unspecified atom stereocenters. The van der Waals surface area contributed by atoms with Crippen LogP contribution in [0, 0.1) is 13.8 Å². The second kappa shape index (κ2) is 5.05. The van der Waals surface area contributed by atoms with Gasteiger partial charge in [0.25, 0.3) is 5.91 Å². The van der Waals surface area contributed by atoms with E-state index >= 15 is 0 Å². The molecule has 0 saturated carbocycles. The summed E-state index contributed by atoms with van der Waals surface area (Å²) in [5, 5.41) is 5.48. The lowest BCUT2D eigenvalue weighted by atomic mass is 10.1. The molecule has 108 valence electrons. The molecule has 1 aromatic heterocycles. The molecule has 6 heteroatoms.